The van der Waals surface area contributed by atoms with Crippen molar-refractivity contribution in [1.82, 2.24) is 4.90 Å². The minimum absolute atomic E-state index is 0.105. The van der Waals surface area contributed by atoms with E-state index in [-0.39, 0.29) is 47.2 Å². The molecule has 6 heteroatoms. The van der Waals surface area contributed by atoms with E-state index >= 15 is 0 Å². The van der Waals surface area contributed by atoms with Crippen molar-refractivity contribution in [1.29, 1.82) is 0 Å². The molecule has 0 spiro atoms. The van der Waals surface area contributed by atoms with Crippen LogP contribution in [-0.4, -0.2) is 41.1 Å². The quantitative estimate of drug-likeness (QED) is 0.305. The van der Waals surface area contributed by atoms with Gasteiger partial charge in [-0.25, -0.2) is 4.79 Å². The Kier molecular flexibility index (Phi) is 4.65. The summed E-state index contributed by atoms with van der Waals surface area (Å²) in [6.07, 6.45) is 5.31. The molecule has 1 aromatic rings. The molecular formula is C25H27NO5. The maximum absolute atomic E-state index is 13.3. The van der Waals surface area contributed by atoms with Crippen LogP contribution in [0.4, 0.5) is 0 Å². The van der Waals surface area contributed by atoms with Gasteiger partial charge in [-0.05, 0) is 42.9 Å². The summed E-state index contributed by atoms with van der Waals surface area (Å²) in [6, 6.07) is 6.02. The number of likely N-dealkylation sites (tertiary alicyclic amines) is 1. The highest BCUT2D eigenvalue weighted by molar-refractivity contribution is 6.09. The number of imide groups is 1. The molecule has 0 radical (unpaired) electrons. The molecule has 1 aromatic carbocycles. The molecule has 1 heterocycles. The summed E-state index contributed by atoms with van der Waals surface area (Å²) in [5.41, 5.74) is 1.49. The summed E-state index contributed by atoms with van der Waals surface area (Å²) in [5.74, 6) is -1.30. The van der Waals surface area contributed by atoms with Gasteiger partial charge in [-0.15, -0.1) is 0 Å². The van der Waals surface area contributed by atoms with Crippen LogP contribution < -0.4 is 0 Å². The van der Waals surface area contributed by atoms with Crippen LogP contribution in [0.25, 0.3) is 0 Å². The minimum Gasteiger partial charge on any atom is -0.456 e. The second-order valence-electron chi connectivity index (χ2n) is 9.79. The summed E-state index contributed by atoms with van der Waals surface area (Å²) in [5, 5.41) is 0. The van der Waals surface area contributed by atoms with Crippen LogP contribution in [-0.2, 0) is 19.1 Å². The Hall–Kier alpha value is -2.76. The molecule has 0 unspecified atom stereocenters. The van der Waals surface area contributed by atoms with E-state index in [0.29, 0.717) is 17.4 Å². The number of allylic oxidation sites excluding steroid dienone is 2. The van der Waals surface area contributed by atoms with E-state index in [2.05, 4.69) is 12.2 Å². The molecule has 2 saturated carbocycles. The predicted molar refractivity (Wildman–Crippen MR) is 112 cm³/mol. The van der Waals surface area contributed by atoms with Crippen molar-refractivity contribution in [3.8, 4) is 0 Å². The zero-order valence-corrected chi connectivity index (χ0v) is 18.0. The van der Waals surface area contributed by atoms with Gasteiger partial charge in [0.25, 0.3) is 0 Å². The standard InChI is InChI=1S/C25H27NO5/c1-12(2)22(25(30)31-11-19(27)14-6-4-13(3)5-7-14)26-23(28)20-15-8-9-16(18-10-17(15)18)21(20)24(26)29/h4-9,12,15-18,20-22H,10-11H2,1-3H3/t15-,16-,17-,18-,20+,21+,22+/m1/s1. The van der Waals surface area contributed by atoms with Crippen LogP contribution in [0.2, 0.25) is 0 Å². The maximum atomic E-state index is 13.3. The van der Waals surface area contributed by atoms with Gasteiger partial charge in [0.2, 0.25) is 11.8 Å². The van der Waals surface area contributed by atoms with Gasteiger partial charge in [0.05, 0.1) is 11.8 Å². The number of nitrogens with zero attached hydrogens (tertiary/aromatic N) is 1. The molecule has 1 saturated heterocycles. The SMILES string of the molecule is Cc1ccc(C(=O)COC(=O)[C@H](C(C)C)N2C(=O)[C@H]3[C@@H]4C=C[C@H]([C@H]5C[C@H]45)[C@@H]3C2=O)cc1. The number of carbonyl (C=O) groups is 4. The van der Waals surface area contributed by atoms with Gasteiger partial charge >= 0.3 is 5.97 Å². The van der Waals surface area contributed by atoms with Crippen molar-refractivity contribution in [2.75, 3.05) is 6.61 Å². The van der Waals surface area contributed by atoms with Crippen molar-refractivity contribution in [3.05, 3.63) is 47.5 Å². The van der Waals surface area contributed by atoms with Gasteiger partial charge < -0.3 is 4.74 Å². The largest absolute Gasteiger partial charge is 0.456 e. The Morgan fingerprint density at radius 1 is 1.00 bits per heavy atom. The van der Waals surface area contributed by atoms with Gasteiger partial charge in [0.15, 0.2) is 12.4 Å². The molecule has 2 amide bonds. The van der Waals surface area contributed by atoms with Crippen molar-refractivity contribution in [2.24, 2.45) is 41.4 Å². The summed E-state index contributed by atoms with van der Waals surface area (Å²) < 4.78 is 5.32. The molecule has 6 rings (SSSR count). The fourth-order valence-electron chi connectivity index (χ4n) is 5.97. The van der Waals surface area contributed by atoms with Crippen LogP contribution in [0.3, 0.4) is 0 Å². The third-order valence-electron chi connectivity index (χ3n) is 7.57. The van der Waals surface area contributed by atoms with E-state index in [4.69, 9.17) is 4.74 Å². The van der Waals surface area contributed by atoms with Crippen LogP contribution in [0.5, 0.6) is 0 Å². The third kappa shape index (κ3) is 3.07. The zero-order valence-electron chi connectivity index (χ0n) is 18.0. The van der Waals surface area contributed by atoms with Crippen LogP contribution >= 0.6 is 0 Å². The summed E-state index contributed by atoms with van der Waals surface area (Å²) in [6.45, 7) is 5.10. The zero-order chi connectivity index (χ0) is 22.0. The van der Waals surface area contributed by atoms with Gasteiger partial charge in [0.1, 0.15) is 6.04 Å². The van der Waals surface area contributed by atoms with Crippen LogP contribution in [0, 0.1) is 48.3 Å². The molecule has 1 aliphatic heterocycles. The normalized spacial score (nSPS) is 33.4. The number of carbonyl (C=O) groups excluding carboxylic acids is 4. The number of amides is 2. The highest BCUT2D eigenvalue weighted by Crippen LogP contribution is 2.65. The summed E-state index contributed by atoms with van der Waals surface area (Å²) >= 11 is 0. The molecule has 162 valence electrons. The fraction of sp³-hybridized carbons (Fsp3) is 0.520. The Bertz CT molecular complexity index is 958. The molecule has 5 aliphatic rings. The lowest BCUT2D eigenvalue weighted by molar-refractivity contribution is -0.160. The second kappa shape index (κ2) is 7.14. The van der Waals surface area contributed by atoms with Crippen molar-refractivity contribution in [3.63, 3.8) is 0 Å². The number of esters is 1. The molecule has 31 heavy (non-hydrogen) atoms. The van der Waals surface area contributed by atoms with E-state index in [0.717, 1.165) is 16.9 Å². The van der Waals surface area contributed by atoms with E-state index < -0.39 is 18.6 Å². The smallest absolute Gasteiger partial charge is 0.330 e. The Morgan fingerprint density at radius 2 is 1.55 bits per heavy atom. The number of hydrogen-bond acceptors (Lipinski definition) is 5. The molecule has 2 bridgehead atoms. The molecular weight excluding hydrogens is 394 g/mol. The molecule has 4 aliphatic carbocycles. The number of rotatable bonds is 6. The van der Waals surface area contributed by atoms with Crippen LogP contribution in [0.1, 0.15) is 36.2 Å². The number of aryl methyl sites for hydroxylation is 1. The van der Waals surface area contributed by atoms with Crippen molar-refractivity contribution >= 4 is 23.6 Å². The highest BCUT2D eigenvalue weighted by Gasteiger charge is 2.68. The van der Waals surface area contributed by atoms with Crippen molar-refractivity contribution in [2.45, 2.75) is 33.2 Å². The van der Waals surface area contributed by atoms with E-state index in [1.165, 1.54) is 0 Å². The Balaban J connectivity index is 1.32. The van der Waals surface area contributed by atoms with Gasteiger partial charge in [-0.3, -0.25) is 19.3 Å². The molecule has 3 fully saturated rings. The van der Waals surface area contributed by atoms with Gasteiger partial charge in [0, 0.05) is 5.56 Å². The monoisotopic (exact) mass is 421 g/mol. The molecule has 0 N–H and O–H groups in total. The van der Waals surface area contributed by atoms with Crippen LogP contribution in [0.15, 0.2) is 36.4 Å². The first-order chi connectivity index (χ1) is 14.8. The van der Waals surface area contributed by atoms with E-state index in [1.54, 1.807) is 26.0 Å². The Morgan fingerprint density at radius 3 is 2.06 bits per heavy atom. The van der Waals surface area contributed by atoms with E-state index in [1.807, 2.05) is 19.1 Å². The number of ketones is 1. The minimum atomic E-state index is -1.01. The molecule has 0 aromatic heterocycles. The Labute approximate surface area is 181 Å². The molecule has 6 nitrogen and oxygen atoms in total. The first-order valence-electron chi connectivity index (χ1n) is 11.1. The lowest BCUT2D eigenvalue weighted by Gasteiger charge is -2.37. The lowest BCUT2D eigenvalue weighted by atomic mass is 9.63. The van der Waals surface area contributed by atoms with Gasteiger partial charge in [-0.2, -0.15) is 0 Å². The summed E-state index contributed by atoms with van der Waals surface area (Å²) in [7, 11) is 0. The maximum Gasteiger partial charge on any atom is 0.330 e. The number of benzene rings is 1. The number of ether oxygens (including phenoxy) is 1. The highest BCUT2D eigenvalue weighted by atomic mass is 16.5. The average Bonchev–Trinajstić information content (AvgIpc) is 3.53. The first kappa shape index (κ1) is 20.2. The first-order valence-corrected chi connectivity index (χ1v) is 11.1. The molecule has 7 atom stereocenters. The lowest BCUT2D eigenvalue weighted by Crippen LogP contribution is -2.49. The summed E-state index contributed by atoms with van der Waals surface area (Å²) in [4.78, 5) is 53.2. The number of Topliss-reactive ketones (excluding diaryl/α,β-unsaturated/α-hetero) is 1. The van der Waals surface area contributed by atoms with Crippen molar-refractivity contribution < 1.29 is 23.9 Å². The third-order valence-corrected chi connectivity index (χ3v) is 7.57. The predicted octanol–water partition coefficient (Wildman–Crippen LogP) is 2.80. The van der Waals surface area contributed by atoms with Gasteiger partial charge in [-0.1, -0.05) is 55.8 Å². The van der Waals surface area contributed by atoms with E-state index in [9.17, 15) is 19.2 Å². The topological polar surface area (TPSA) is 80.8 Å². The fourth-order valence-corrected chi connectivity index (χ4v) is 5.97. The average molecular weight is 421 g/mol. The number of hydrogen-bond donors (Lipinski definition) is 0. The second-order valence-corrected chi connectivity index (χ2v) is 9.79.